The summed E-state index contributed by atoms with van der Waals surface area (Å²) in [6, 6.07) is 11.5. The van der Waals surface area contributed by atoms with Crippen LogP contribution in [-0.4, -0.2) is 31.8 Å². The van der Waals surface area contributed by atoms with Crippen molar-refractivity contribution in [1.82, 2.24) is 15.0 Å². The third kappa shape index (κ3) is 3.12. The van der Waals surface area contributed by atoms with Crippen molar-refractivity contribution in [2.75, 3.05) is 6.61 Å². The third-order valence-electron chi connectivity index (χ3n) is 4.08. The maximum atomic E-state index is 10.8. The van der Waals surface area contributed by atoms with Crippen LogP contribution in [0.3, 0.4) is 0 Å². The van der Waals surface area contributed by atoms with Gasteiger partial charge in [0.15, 0.2) is 0 Å². The summed E-state index contributed by atoms with van der Waals surface area (Å²) in [4.78, 5) is 1.50. The molecule has 1 aromatic heterocycles. The molecule has 3 aromatic rings. The molecule has 0 aliphatic heterocycles. The van der Waals surface area contributed by atoms with Crippen molar-refractivity contribution in [2.45, 2.75) is 39.0 Å². The number of benzene rings is 2. The Kier molecular flexibility index (Phi) is 4.28. The maximum absolute atomic E-state index is 10.8. The van der Waals surface area contributed by atoms with Gasteiger partial charge in [0, 0.05) is 12.2 Å². The summed E-state index contributed by atoms with van der Waals surface area (Å²) in [5.41, 5.74) is 3.86. The predicted molar refractivity (Wildman–Crippen MR) is 94.6 cm³/mol. The highest BCUT2D eigenvalue weighted by atomic mass is 16.3. The first-order valence-electron chi connectivity index (χ1n) is 8.20. The van der Waals surface area contributed by atoms with Gasteiger partial charge in [-0.3, -0.25) is 0 Å². The normalized spacial score (nSPS) is 12.0. The minimum Gasteiger partial charge on any atom is -0.505 e. The Morgan fingerprint density at radius 2 is 1.67 bits per heavy atom. The summed E-state index contributed by atoms with van der Waals surface area (Å²) < 4.78 is 0. The highest BCUT2D eigenvalue weighted by Gasteiger charge is 2.23. The van der Waals surface area contributed by atoms with Crippen LogP contribution in [0.25, 0.3) is 16.7 Å². The number of hydrogen-bond acceptors (Lipinski definition) is 4. The van der Waals surface area contributed by atoms with Crippen LogP contribution in [0.1, 0.15) is 38.3 Å². The average Bonchev–Trinajstić information content (AvgIpc) is 2.96. The Morgan fingerprint density at radius 3 is 2.21 bits per heavy atom. The van der Waals surface area contributed by atoms with Crippen LogP contribution >= 0.6 is 0 Å². The number of rotatable bonds is 4. The van der Waals surface area contributed by atoms with Gasteiger partial charge >= 0.3 is 0 Å². The first kappa shape index (κ1) is 16.5. The van der Waals surface area contributed by atoms with E-state index in [1.54, 1.807) is 0 Å². The van der Waals surface area contributed by atoms with E-state index in [0.29, 0.717) is 12.1 Å². The van der Waals surface area contributed by atoms with Crippen LogP contribution in [0.4, 0.5) is 0 Å². The Bertz CT molecular complexity index is 830. The molecule has 5 nitrogen and oxygen atoms in total. The van der Waals surface area contributed by atoms with Gasteiger partial charge in [0.2, 0.25) is 0 Å². The topological polar surface area (TPSA) is 71.2 Å². The molecule has 0 unspecified atom stereocenters. The van der Waals surface area contributed by atoms with Gasteiger partial charge in [-0.2, -0.15) is 0 Å². The van der Waals surface area contributed by atoms with Crippen molar-refractivity contribution in [2.24, 2.45) is 0 Å². The van der Waals surface area contributed by atoms with E-state index in [4.69, 9.17) is 5.11 Å². The van der Waals surface area contributed by atoms with Gasteiger partial charge in [-0.1, -0.05) is 39.0 Å². The lowest BCUT2D eigenvalue weighted by Gasteiger charge is -2.23. The highest BCUT2D eigenvalue weighted by Crippen LogP contribution is 2.36. The number of phenolic OH excluding ortho intramolecular Hbond substituents is 1. The zero-order valence-corrected chi connectivity index (χ0v) is 14.3. The number of aliphatic hydroxyl groups excluding tert-OH is 1. The van der Waals surface area contributed by atoms with E-state index in [-0.39, 0.29) is 17.8 Å². The number of aliphatic hydroxyl groups is 1. The van der Waals surface area contributed by atoms with Crippen molar-refractivity contribution in [3.63, 3.8) is 0 Å². The van der Waals surface area contributed by atoms with Crippen molar-refractivity contribution < 1.29 is 10.2 Å². The zero-order chi connectivity index (χ0) is 17.3. The summed E-state index contributed by atoms with van der Waals surface area (Å²) in [6.45, 7) is 6.34. The molecule has 0 bridgehead atoms. The molecule has 5 heteroatoms. The van der Waals surface area contributed by atoms with Crippen LogP contribution in [0.15, 0.2) is 36.4 Å². The molecule has 2 aromatic carbocycles. The molecule has 0 saturated carbocycles. The second-order valence-electron chi connectivity index (χ2n) is 7.07. The van der Waals surface area contributed by atoms with Crippen molar-refractivity contribution in [1.29, 1.82) is 0 Å². The van der Waals surface area contributed by atoms with Gasteiger partial charge < -0.3 is 10.2 Å². The lowest BCUT2D eigenvalue weighted by atomic mass is 9.84. The van der Waals surface area contributed by atoms with E-state index in [1.807, 2.05) is 36.4 Å². The smallest absolute Gasteiger partial charge is 0.146 e. The summed E-state index contributed by atoms with van der Waals surface area (Å²) in [5, 5.41) is 28.9. The minimum absolute atomic E-state index is 0.144. The molecule has 0 saturated heterocycles. The number of aromatic hydroxyl groups is 1. The predicted octanol–water partition coefficient (Wildman–Crippen LogP) is 3.35. The fraction of sp³-hybridized carbons (Fsp3) is 0.368. The molecule has 0 spiro atoms. The second kappa shape index (κ2) is 6.24. The lowest BCUT2D eigenvalue weighted by molar-refractivity contribution is 0.288. The van der Waals surface area contributed by atoms with Crippen LogP contribution in [0.5, 0.6) is 5.75 Å². The zero-order valence-electron chi connectivity index (χ0n) is 14.3. The molecule has 3 rings (SSSR count). The minimum atomic E-state index is -0.208. The number of aryl methyl sites for hydroxylation is 1. The Balaban J connectivity index is 2.17. The Morgan fingerprint density at radius 1 is 1.04 bits per heavy atom. The van der Waals surface area contributed by atoms with Gasteiger partial charge in [0.1, 0.15) is 22.5 Å². The van der Waals surface area contributed by atoms with Gasteiger partial charge in [-0.15, -0.1) is 15.0 Å². The molecular formula is C19H23N3O2. The van der Waals surface area contributed by atoms with Crippen LogP contribution < -0.4 is 0 Å². The second-order valence-corrected chi connectivity index (χ2v) is 7.07. The lowest BCUT2D eigenvalue weighted by Crippen LogP contribution is -2.14. The SMILES string of the molecule is CC(C)(C)c1cc(CCCO)cc(-n2nc3ccccc3n2)c1O. The van der Waals surface area contributed by atoms with E-state index in [2.05, 4.69) is 31.0 Å². The molecule has 0 fully saturated rings. The molecule has 0 radical (unpaired) electrons. The summed E-state index contributed by atoms with van der Waals surface area (Å²) in [5.74, 6) is 0.204. The summed E-state index contributed by atoms with van der Waals surface area (Å²) in [6.07, 6.45) is 1.43. The van der Waals surface area contributed by atoms with E-state index < -0.39 is 0 Å². The molecule has 126 valence electrons. The van der Waals surface area contributed by atoms with Crippen LogP contribution in [-0.2, 0) is 11.8 Å². The highest BCUT2D eigenvalue weighted by molar-refractivity contribution is 5.73. The van der Waals surface area contributed by atoms with Gasteiger partial charge in [-0.05, 0) is 42.0 Å². The number of fused-ring (bicyclic) bond motifs is 1. The largest absolute Gasteiger partial charge is 0.505 e. The van der Waals surface area contributed by atoms with Crippen molar-refractivity contribution >= 4 is 11.0 Å². The van der Waals surface area contributed by atoms with Crippen LogP contribution in [0, 0.1) is 0 Å². The number of nitrogens with zero attached hydrogens (tertiary/aromatic N) is 3. The fourth-order valence-electron chi connectivity index (χ4n) is 2.80. The van der Waals surface area contributed by atoms with Gasteiger partial charge in [0.05, 0.1) is 0 Å². The van der Waals surface area contributed by atoms with Crippen molar-refractivity contribution in [3.8, 4) is 11.4 Å². The quantitative estimate of drug-likeness (QED) is 0.772. The first-order valence-corrected chi connectivity index (χ1v) is 8.20. The first-order chi connectivity index (χ1) is 11.4. The summed E-state index contributed by atoms with van der Waals surface area (Å²) >= 11 is 0. The average molecular weight is 325 g/mol. The van der Waals surface area contributed by atoms with E-state index in [9.17, 15) is 5.11 Å². The number of phenols is 1. The molecular weight excluding hydrogens is 302 g/mol. The van der Waals surface area contributed by atoms with Gasteiger partial charge in [-0.25, -0.2) is 0 Å². The van der Waals surface area contributed by atoms with Crippen molar-refractivity contribution in [3.05, 3.63) is 47.5 Å². The fourth-order valence-corrected chi connectivity index (χ4v) is 2.80. The Labute approximate surface area is 141 Å². The Hall–Kier alpha value is -2.40. The molecule has 24 heavy (non-hydrogen) atoms. The van der Waals surface area contributed by atoms with E-state index in [0.717, 1.165) is 28.6 Å². The molecule has 1 heterocycles. The van der Waals surface area contributed by atoms with E-state index in [1.165, 1.54) is 4.80 Å². The summed E-state index contributed by atoms with van der Waals surface area (Å²) in [7, 11) is 0. The monoisotopic (exact) mass is 325 g/mol. The van der Waals surface area contributed by atoms with Crippen LogP contribution in [0.2, 0.25) is 0 Å². The third-order valence-corrected chi connectivity index (χ3v) is 4.08. The molecule has 2 N–H and O–H groups in total. The molecule has 0 aliphatic carbocycles. The van der Waals surface area contributed by atoms with E-state index >= 15 is 0 Å². The number of aromatic nitrogens is 3. The number of hydrogen-bond donors (Lipinski definition) is 2. The molecule has 0 amide bonds. The maximum Gasteiger partial charge on any atom is 0.146 e. The molecule has 0 aliphatic rings. The molecule has 0 atom stereocenters. The standard InChI is InChI=1S/C19H23N3O2/c1-19(2,3)14-11-13(7-6-10-23)12-17(18(14)24)22-20-15-8-4-5-9-16(15)21-22/h4-5,8-9,11-12,23-24H,6-7,10H2,1-3H3. The van der Waals surface area contributed by atoms with Gasteiger partial charge in [0.25, 0.3) is 0 Å².